The van der Waals surface area contributed by atoms with Crippen molar-refractivity contribution in [2.75, 3.05) is 6.54 Å². The van der Waals surface area contributed by atoms with Crippen LogP contribution in [0, 0.1) is 18.8 Å². The number of aliphatic carboxylic acids is 1. The molecule has 1 rings (SSSR count). The smallest absolute Gasteiger partial charge is 0.307 e. The number of carboxylic acid groups (broad SMARTS) is 1. The Labute approximate surface area is 120 Å². The monoisotopic (exact) mass is 277 g/mol. The SMILES string of the molecule is CCN(Cc1cccc(C)c1)C(=O)C(C)C(C)C(=O)O. The molecule has 0 saturated heterocycles. The molecule has 1 amide bonds. The lowest BCUT2D eigenvalue weighted by atomic mass is 9.94. The summed E-state index contributed by atoms with van der Waals surface area (Å²) in [7, 11) is 0. The second-order valence-corrected chi connectivity index (χ2v) is 5.26. The Kier molecular flexibility index (Phi) is 5.74. The lowest BCUT2D eigenvalue weighted by Crippen LogP contribution is -2.38. The standard InChI is InChI=1S/C16H23NO3/c1-5-17(10-14-8-6-7-11(2)9-14)15(18)12(3)13(4)16(19)20/h6-9,12-13H,5,10H2,1-4H3,(H,19,20). The van der Waals surface area contributed by atoms with Gasteiger partial charge in [0.2, 0.25) is 5.91 Å². The predicted molar refractivity (Wildman–Crippen MR) is 78.2 cm³/mol. The molecule has 110 valence electrons. The van der Waals surface area contributed by atoms with Crippen LogP contribution in [0.3, 0.4) is 0 Å². The molecule has 0 fully saturated rings. The van der Waals surface area contributed by atoms with Gasteiger partial charge in [0, 0.05) is 19.0 Å². The van der Waals surface area contributed by atoms with Gasteiger partial charge in [-0.15, -0.1) is 0 Å². The van der Waals surface area contributed by atoms with Crippen LogP contribution in [0.15, 0.2) is 24.3 Å². The second-order valence-electron chi connectivity index (χ2n) is 5.26. The normalized spacial score (nSPS) is 13.6. The Morgan fingerprint density at radius 3 is 2.40 bits per heavy atom. The van der Waals surface area contributed by atoms with Gasteiger partial charge >= 0.3 is 5.97 Å². The van der Waals surface area contributed by atoms with Crippen molar-refractivity contribution in [1.29, 1.82) is 0 Å². The quantitative estimate of drug-likeness (QED) is 0.869. The third kappa shape index (κ3) is 4.08. The van der Waals surface area contributed by atoms with Crippen molar-refractivity contribution in [3.8, 4) is 0 Å². The molecule has 0 aliphatic heterocycles. The van der Waals surface area contributed by atoms with Gasteiger partial charge in [0.1, 0.15) is 0 Å². The Balaban J connectivity index is 2.80. The number of nitrogens with zero attached hydrogens (tertiary/aromatic N) is 1. The third-order valence-electron chi connectivity index (χ3n) is 3.68. The number of rotatable bonds is 6. The maximum atomic E-state index is 12.4. The number of carboxylic acids is 1. The van der Waals surface area contributed by atoms with Crippen molar-refractivity contribution in [3.63, 3.8) is 0 Å². The van der Waals surface area contributed by atoms with Gasteiger partial charge in [-0.1, -0.05) is 43.7 Å². The third-order valence-corrected chi connectivity index (χ3v) is 3.68. The molecule has 0 spiro atoms. The van der Waals surface area contributed by atoms with Crippen molar-refractivity contribution in [2.24, 2.45) is 11.8 Å². The van der Waals surface area contributed by atoms with E-state index in [4.69, 9.17) is 5.11 Å². The van der Waals surface area contributed by atoms with Crippen LogP contribution in [-0.2, 0) is 16.1 Å². The van der Waals surface area contributed by atoms with E-state index in [0.717, 1.165) is 11.1 Å². The van der Waals surface area contributed by atoms with E-state index in [1.165, 1.54) is 0 Å². The number of benzene rings is 1. The molecule has 1 N–H and O–H groups in total. The van der Waals surface area contributed by atoms with Crippen LogP contribution in [0.1, 0.15) is 31.9 Å². The first kappa shape index (κ1) is 16.2. The van der Waals surface area contributed by atoms with Gasteiger partial charge in [-0.3, -0.25) is 9.59 Å². The Morgan fingerprint density at radius 1 is 1.25 bits per heavy atom. The zero-order valence-corrected chi connectivity index (χ0v) is 12.6. The van der Waals surface area contributed by atoms with Crippen LogP contribution < -0.4 is 0 Å². The molecule has 0 saturated carbocycles. The van der Waals surface area contributed by atoms with Crippen molar-refractivity contribution < 1.29 is 14.7 Å². The molecule has 0 aromatic heterocycles. The Bertz CT molecular complexity index is 484. The summed E-state index contributed by atoms with van der Waals surface area (Å²) in [6.07, 6.45) is 0. The molecule has 4 heteroatoms. The van der Waals surface area contributed by atoms with E-state index in [-0.39, 0.29) is 5.91 Å². The summed E-state index contributed by atoms with van der Waals surface area (Å²) in [6, 6.07) is 8.00. The number of amides is 1. The molecular weight excluding hydrogens is 254 g/mol. The summed E-state index contributed by atoms with van der Waals surface area (Å²) in [5, 5.41) is 9.01. The van der Waals surface area contributed by atoms with Crippen molar-refractivity contribution in [2.45, 2.75) is 34.2 Å². The highest BCUT2D eigenvalue weighted by Gasteiger charge is 2.28. The molecule has 0 aliphatic carbocycles. The topological polar surface area (TPSA) is 57.6 Å². The van der Waals surface area contributed by atoms with Crippen molar-refractivity contribution in [3.05, 3.63) is 35.4 Å². The minimum atomic E-state index is -0.933. The van der Waals surface area contributed by atoms with Gasteiger partial charge in [-0.2, -0.15) is 0 Å². The van der Waals surface area contributed by atoms with E-state index in [1.807, 2.05) is 38.1 Å². The van der Waals surface area contributed by atoms with Crippen LogP contribution in [0.5, 0.6) is 0 Å². The van der Waals surface area contributed by atoms with E-state index in [1.54, 1.807) is 18.7 Å². The molecule has 4 nitrogen and oxygen atoms in total. The van der Waals surface area contributed by atoms with Crippen LogP contribution in [0.2, 0.25) is 0 Å². The fourth-order valence-electron chi connectivity index (χ4n) is 2.09. The zero-order valence-electron chi connectivity index (χ0n) is 12.6. The number of carbonyl (C=O) groups is 2. The first-order valence-corrected chi connectivity index (χ1v) is 6.94. The van der Waals surface area contributed by atoms with Crippen LogP contribution in [0.4, 0.5) is 0 Å². The summed E-state index contributed by atoms with van der Waals surface area (Å²) in [5.74, 6) is -2.23. The maximum absolute atomic E-state index is 12.4. The average Bonchev–Trinajstić information content (AvgIpc) is 2.42. The van der Waals surface area contributed by atoms with Crippen LogP contribution in [0.25, 0.3) is 0 Å². The fourth-order valence-corrected chi connectivity index (χ4v) is 2.09. The summed E-state index contributed by atoms with van der Waals surface area (Å²) >= 11 is 0. The minimum absolute atomic E-state index is 0.107. The zero-order chi connectivity index (χ0) is 15.3. The first-order chi connectivity index (χ1) is 9.36. The summed E-state index contributed by atoms with van der Waals surface area (Å²) in [6.45, 7) is 8.27. The lowest BCUT2D eigenvalue weighted by molar-refractivity contribution is -0.149. The highest BCUT2D eigenvalue weighted by molar-refractivity contribution is 5.84. The number of hydrogen-bond acceptors (Lipinski definition) is 2. The molecule has 2 atom stereocenters. The molecule has 0 aliphatic rings. The number of aryl methyl sites for hydroxylation is 1. The fraction of sp³-hybridized carbons (Fsp3) is 0.500. The summed E-state index contributed by atoms with van der Waals surface area (Å²) < 4.78 is 0. The molecule has 0 radical (unpaired) electrons. The number of carbonyl (C=O) groups excluding carboxylic acids is 1. The summed E-state index contributed by atoms with van der Waals surface area (Å²) in [5.41, 5.74) is 2.22. The molecule has 0 heterocycles. The van der Waals surface area contributed by atoms with E-state index in [0.29, 0.717) is 13.1 Å². The molecule has 20 heavy (non-hydrogen) atoms. The van der Waals surface area contributed by atoms with Crippen LogP contribution in [-0.4, -0.2) is 28.4 Å². The summed E-state index contributed by atoms with van der Waals surface area (Å²) in [4.78, 5) is 25.1. The molecule has 0 bridgehead atoms. The molecule has 1 aromatic rings. The van der Waals surface area contributed by atoms with E-state index in [2.05, 4.69) is 0 Å². The lowest BCUT2D eigenvalue weighted by Gasteiger charge is -2.26. The minimum Gasteiger partial charge on any atom is -0.481 e. The van der Waals surface area contributed by atoms with Gasteiger partial charge in [0.05, 0.1) is 5.92 Å². The Hall–Kier alpha value is -1.84. The second kappa shape index (κ2) is 7.08. The predicted octanol–water partition coefficient (Wildman–Crippen LogP) is 2.70. The van der Waals surface area contributed by atoms with Gasteiger partial charge in [0.25, 0.3) is 0 Å². The number of hydrogen-bond donors (Lipinski definition) is 1. The maximum Gasteiger partial charge on any atom is 0.307 e. The average molecular weight is 277 g/mol. The van der Waals surface area contributed by atoms with Gasteiger partial charge < -0.3 is 10.0 Å². The largest absolute Gasteiger partial charge is 0.481 e. The van der Waals surface area contributed by atoms with E-state index < -0.39 is 17.8 Å². The molecule has 2 unspecified atom stereocenters. The highest BCUT2D eigenvalue weighted by Crippen LogP contribution is 2.17. The molecular formula is C16H23NO3. The van der Waals surface area contributed by atoms with Crippen molar-refractivity contribution in [1.82, 2.24) is 4.90 Å². The van der Waals surface area contributed by atoms with Gasteiger partial charge in [-0.25, -0.2) is 0 Å². The Morgan fingerprint density at radius 2 is 1.90 bits per heavy atom. The van der Waals surface area contributed by atoms with Gasteiger partial charge in [-0.05, 0) is 19.4 Å². The molecule has 1 aromatic carbocycles. The first-order valence-electron chi connectivity index (χ1n) is 6.94. The van der Waals surface area contributed by atoms with E-state index >= 15 is 0 Å². The van der Waals surface area contributed by atoms with Gasteiger partial charge in [0.15, 0.2) is 0 Å². The highest BCUT2D eigenvalue weighted by atomic mass is 16.4. The van der Waals surface area contributed by atoms with Crippen molar-refractivity contribution >= 4 is 11.9 Å². The van der Waals surface area contributed by atoms with Crippen LogP contribution >= 0.6 is 0 Å². The van der Waals surface area contributed by atoms with E-state index in [9.17, 15) is 9.59 Å².